The number of aryl methyl sites for hydroxylation is 1. The maximum Gasteiger partial charge on any atom is 0.349 e. The van der Waals surface area contributed by atoms with Gasteiger partial charge in [0, 0.05) is 11.1 Å². The minimum atomic E-state index is -4.15. The van der Waals surface area contributed by atoms with E-state index in [2.05, 4.69) is 10.0 Å². The van der Waals surface area contributed by atoms with Crippen LogP contribution in [0.4, 0.5) is 15.8 Å². The van der Waals surface area contributed by atoms with Gasteiger partial charge in [-0.1, -0.05) is 36.4 Å². The maximum absolute atomic E-state index is 13.9. The zero-order valence-electron chi connectivity index (χ0n) is 16.8. The van der Waals surface area contributed by atoms with Crippen molar-refractivity contribution >= 4 is 38.3 Å². The van der Waals surface area contributed by atoms with Gasteiger partial charge in [-0.15, -0.1) is 0 Å². The molecular formula is C23H17FN2O5S. The molecule has 0 spiro atoms. The number of carbonyl (C=O) groups excluding carboxylic acids is 1. The van der Waals surface area contributed by atoms with E-state index in [1.54, 1.807) is 31.2 Å². The number of sulfonamides is 1. The van der Waals surface area contributed by atoms with Crippen LogP contribution >= 0.6 is 0 Å². The number of para-hydroxylation sites is 2. The molecule has 3 aromatic carbocycles. The Kier molecular flexibility index (Phi) is 5.50. The minimum absolute atomic E-state index is 0.141. The van der Waals surface area contributed by atoms with Crippen LogP contribution in [0.5, 0.6) is 0 Å². The number of fused-ring (bicyclic) bond motifs is 1. The fourth-order valence-electron chi connectivity index (χ4n) is 3.13. The van der Waals surface area contributed by atoms with Crippen LogP contribution in [0.3, 0.4) is 0 Å². The van der Waals surface area contributed by atoms with Crippen molar-refractivity contribution in [2.24, 2.45) is 0 Å². The molecule has 0 aliphatic carbocycles. The lowest BCUT2D eigenvalue weighted by Crippen LogP contribution is -2.21. The van der Waals surface area contributed by atoms with E-state index >= 15 is 0 Å². The Bertz CT molecular complexity index is 1510. The average molecular weight is 452 g/mol. The van der Waals surface area contributed by atoms with Gasteiger partial charge in [0.1, 0.15) is 17.0 Å². The van der Waals surface area contributed by atoms with Gasteiger partial charge in [-0.2, -0.15) is 0 Å². The smallest absolute Gasteiger partial charge is 0.349 e. The number of amides is 1. The minimum Gasteiger partial charge on any atom is -0.422 e. The first-order valence-electron chi connectivity index (χ1n) is 9.47. The zero-order chi connectivity index (χ0) is 22.9. The van der Waals surface area contributed by atoms with Crippen molar-refractivity contribution in [2.45, 2.75) is 11.8 Å². The average Bonchev–Trinajstić information content (AvgIpc) is 2.76. The SMILES string of the molecule is Cc1ccc(NC(=O)c2cc3ccccc3oc2=O)cc1S(=O)(=O)Nc1ccccc1F. The van der Waals surface area contributed by atoms with E-state index in [1.807, 2.05) is 0 Å². The summed E-state index contributed by atoms with van der Waals surface area (Å²) >= 11 is 0. The summed E-state index contributed by atoms with van der Waals surface area (Å²) in [6.45, 7) is 1.57. The van der Waals surface area contributed by atoms with E-state index in [9.17, 15) is 22.4 Å². The normalized spacial score (nSPS) is 11.3. The zero-order valence-corrected chi connectivity index (χ0v) is 17.6. The summed E-state index contributed by atoms with van der Waals surface area (Å²) in [5.74, 6) is -1.47. The summed E-state index contributed by atoms with van der Waals surface area (Å²) in [6.07, 6.45) is 0. The molecular weight excluding hydrogens is 435 g/mol. The van der Waals surface area contributed by atoms with Crippen molar-refractivity contribution in [3.63, 3.8) is 0 Å². The Hall–Kier alpha value is -3.98. The first kappa shape index (κ1) is 21.3. The van der Waals surface area contributed by atoms with Crippen molar-refractivity contribution < 1.29 is 22.0 Å². The van der Waals surface area contributed by atoms with Crippen LogP contribution < -0.4 is 15.7 Å². The summed E-state index contributed by atoms with van der Waals surface area (Å²) < 4.78 is 46.9. The molecule has 7 nitrogen and oxygen atoms in total. The Balaban J connectivity index is 1.64. The first-order chi connectivity index (χ1) is 15.2. The molecule has 162 valence electrons. The van der Waals surface area contributed by atoms with Crippen LogP contribution in [0.25, 0.3) is 11.0 Å². The lowest BCUT2D eigenvalue weighted by atomic mass is 10.1. The maximum atomic E-state index is 13.9. The number of anilines is 2. The quantitative estimate of drug-likeness (QED) is 0.440. The van der Waals surface area contributed by atoms with Gasteiger partial charge in [0.15, 0.2) is 0 Å². The van der Waals surface area contributed by atoms with Gasteiger partial charge in [0.2, 0.25) is 0 Å². The van der Waals surface area contributed by atoms with Crippen molar-refractivity contribution in [1.29, 1.82) is 0 Å². The fourth-order valence-corrected chi connectivity index (χ4v) is 4.47. The van der Waals surface area contributed by atoms with Crippen molar-refractivity contribution in [2.75, 3.05) is 10.0 Å². The summed E-state index contributed by atoms with van der Waals surface area (Å²) in [5, 5.41) is 3.08. The van der Waals surface area contributed by atoms with Crippen LogP contribution in [0.15, 0.2) is 86.9 Å². The predicted molar refractivity (Wildman–Crippen MR) is 119 cm³/mol. The van der Waals surface area contributed by atoms with Crippen LogP contribution in [-0.2, 0) is 10.0 Å². The summed E-state index contributed by atoms with van der Waals surface area (Å²) in [5.41, 5.74) is -0.369. The van der Waals surface area contributed by atoms with E-state index < -0.39 is 27.4 Å². The molecule has 0 radical (unpaired) electrons. The highest BCUT2D eigenvalue weighted by molar-refractivity contribution is 7.92. The first-order valence-corrected chi connectivity index (χ1v) is 11.0. The number of rotatable bonds is 5. The fraction of sp³-hybridized carbons (Fsp3) is 0.0435. The monoisotopic (exact) mass is 452 g/mol. The molecule has 0 aliphatic heterocycles. The van der Waals surface area contributed by atoms with Crippen LogP contribution in [0.2, 0.25) is 0 Å². The second-order valence-electron chi connectivity index (χ2n) is 7.01. The van der Waals surface area contributed by atoms with Crippen molar-refractivity contribution in [1.82, 2.24) is 0 Å². The summed E-state index contributed by atoms with van der Waals surface area (Å²) in [6, 6.07) is 17.8. The molecule has 0 unspecified atom stereocenters. The molecule has 1 heterocycles. The van der Waals surface area contributed by atoms with Gasteiger partial charge in [0.05, 0.1) is 10.6 Å². The van der Waals surface area contributed by atoms with Crippen molar-refractivity contribution in [3.05, 3.63) is 100 Å². The molecule has 0 saturated heterocycles. The third kappa shape index (κ3) is 4.23. The largest absolute Gasteiger partial charge is 0.422 e. The van der Waals surface area contributed by atoms with Gasteiger partial charge in [-0.25, -0.2) is 17.6 Å². The number of hydrogen-bond acceptors (Lipinski definition) is 5. The molecule has 4 rings (SSSR count). The van der Waals surface area contributed by atoms with E-state index in [-0.39, 0.29) is 21.8 Å². The molecule has 1 aromatic heterocycles. The predicted octanol–water partition coefficient (Wildman–Crippen LogP) is 4.29. The number of carbonyl (C=O) groups is 1. The van der Waals surface area contributed by atoms with E-state index in [0.717, 1.165) is 6.07 Å². The topological polar surface area (TPSA) is 105 Å². The van der Waals surface area contributed by atoms with Crippen LogP contribution in [0.1, 0.15) is 15.9 Å². The van der Waals surface area contributed by atoms with Gasteiger partial charge in [0.25, 0.3) is 15.9 Å². The molecule has 9 heteroatoms. The van der Waals surface area contributed by atoms with Gasteiger partial charge in [-0.3, -0.25) is 9.52 Å². The molecule has 2 N–H and O–H groups in total. The number of nitrogens with one attached hydrogen (secondary N) is 2. The van der Waals surface area contributed by atoms with Gasteiger partial charge < -0.3 is 9.73 Å². The molecule has 0 bridgehead atoms. The third-order valence-electron chi connectivity index (χ3n) is 4.74. The lowest BCUT2D eigenvalue weighted by Gasteiger charge is -2.13. The highest BCUT2D eigenvalue weighted by atomic mass is 32.2. The van der Waals surface area contributed by atoms with E-state index in [4.69, 9.17) is 4.42 Å². The molecule has 0 aliphatic rings. The summed E-state index contributed by atoms with van der Waals surface area (Å²) in [4.78, 5) is 24.7. The second-order valence-corrected chi connectivity index (χ2v) is 8.66. The van der Waals surface area contributed by atoms with E-state index in [1.165, 1.54) is 42.5 Å². The molecule has 32 heavy (non-hydrogen) atoms. The molecule has 0 atom stereocenters. The highest BCUT2D eigenvalue weighted by Gasteiger charge is 2.20. The summed E-state index contributed by atoms with van der Waals surface area (Å²) in [7, 11) is -4.15. The van der Waals surface area contributed by atoms with Gasteiger partial charge in [-0.05, 0) is 48.9 Å². The Labute approximate surface area is 182 Å². The number of halogens is 1. The second kappa shape index (κ2) is 8.27. The third-order valence-corrected chi connectivity index (χ3v) is 6.25. The van der Waals surface area contributed by atoms with Crippen LogP contribution in [-0.4, -0.2) is 14.3 Å². The molecule has 4 aromatic rings. The van der Waals surface area contributed by atoms with E-state index in [0.29, 0.717) is 16.5 Å². The molecule has 0 saturated carbocycles. The number of hydrogen-bond donors (Lipinski definition) is 2. The van der Waals surface area contributed by atoms with Gasteiger partial charge >= 0.3 is 5.63 Å². The standard InChI is InChI=1S/C23H17FN2O5S/c1-14-10-11-16(13-21(14)32(29,30)26-19-8-4-3-7-18(19)24)25-22(27)17-12-15-6-2-5-9-20(15)31-23(17)28/h2-13,26H,1H3,(H,25,27). The highest BCUT2D eigenvalue weighted by Crippen LogP contribution is 2.24. The lowest BCUT2D eigenvalue weighted by molar-refractivity contribution is 0.102. The number of benzene rings is 3. The Morgan fingerprint density at radius 2 is 1.69 bits per heavy atom. The molecule has 0 fully saturated rings. The Morgan fingerprint density at radius 3 is 2.47 bits per heavy atom. The molecule has 1 amide bonds. The Morgan fingerprint density at radius 1 is 0.969 bits per heavy atom. The van der Waals surface area contributed by atoms with Crippen LogP contribution in [0, 0.1) is 12.7 Å². The van der Waals surface area contributed by atoms with Crippen molar-refractivity contribution in [3.8, 4) is 0 Å².